The summed E-state index contributed by atoms with van der Waals surface area (Å²) in [7, 11) is -3.91. The highest BCUT2D eigenvalue weighted by Crippen LogP contribution is 2.26. The molecule has 0 spiro atoms. The summed E-state index contributed by atoms with van der Waals surface area (Å²) in [6.45, 7) is 13.7. The molecular weight excluding hydrogens is 549 g/mol. The first-order valence-electron chi connectivity index (χ1n) is 14.5. The normalized spacial score (nSPS) is 12.6. The number of nitrogens with zero attached hydrogens (tertiary/aromatic N) is 4. The number of ketones is 1. The van der Waals surface area contributed by atoms with Gasteiger partial charge in [-0.25, -0.2) is 0 Å². The molecule has 0 aliphatic rings. The van der Waals surface area contributed by atoms with Gasteiger partial charge in [-0.3, -0.25) is 14.1 Å². The molecule has 0 N–H and O–H groups in total. The van der Waals surface area contributed by atoms with Crippen LogP contribution in [0.1, 0.15) is 28.8 Å². The van der Waals surface area contributed by atoms with Crippen molar-refractivity contribution in [2.24, 2.45) is 10.2 Å². The van der Waals surface area contributed by atoms with Crippen LogP contribution < -0.4 is 9.35 Å². The lowest BCUT2D eigenvalue weighted by Gasteiger charge is -2.33. The number of benzene rings is 4. The third-order valence-electron chi connectivity index (χ3n) is 6.67. The molecule has 0 unspecified atom stereocenters. The minimum Gasteiger partial charge on any atom is -0.295 e. The number of rotatable bonds is 12. The van der Waals surface area contributed by atoms with Gasteiger partial charge in [0.05, 0.1) is 17.8 Å². The van der Waals surface area contributed by atoms with Gasteiger partial charge in [0.1, 0.15) is 0 Å². The van der Waals surface area contributed by atoms with Crippen LogP contribution in [0, 0.1) is 0 Å². The maximum Gasteiger partial charge on any atom is 0.176 e. The average molecular weight is 591 g/mol. The van der Waals surface area contributed by atoms with Crippen LogP contribution in [0.2, 0.25) is 39.3 Å². The summed E-state index contributed by atoms with van der Waals surface area (Å²) in [4.78, 5) is 13.6. The Morgan fingerprint density at radius 3 is 1.33 bits per heavy atom. The lowest BCUT2D eigenvalue weighted by molar-refractivity contribution is 0.100. The Labute approximate surface area is 253 Å². The van der Waals surface area contributed by atoms with Crippen molar-refractivity contribution in [3.05, 3.63) is 132 Å². The van der Waals surface area contributed by atoms with E-state index >= 15 is 0 Å². The fourth-order valence-electron chi connectivity index (χ4n) is 4.65. The van der Waals surface area contributed by atoms with Crippen LogP contribution in [0.3, 0.4) is 0 Å². The van der Waals surface area contributed by atoms with Gasteiger partial charge < -0.3 is 0 Å². The van der Waals surface area contributed by atoms with Crippen molar-refractivity contribution in [3.63, 3.8) is 0 Å². The van der Waals surface area contributed by atoms with E-state index in [1.54, 1.807) is 0 Å². The van der Waals surface area contributed by atoms with Crippen molar-refractivity contribution in [1.29, 1.82) is 0 Å². The number of hydrazone groups is 2. The average Bonchev–Trinajstić information content (AvgIpc) is 2.98. The van der Waals surface area contributed by atoms with Crippen molar-refractivity contribution in [2.75, 3.05) is 9.35 Å². The molecule has 0 atom stereocenters. The molecule has 0 aliphatic carbocycles. The van der Waals surface area contributed by atoms with E-state index in [0.29, 0.717) is 12.0 Å². The van der Waals surface area contributed by atoms with E-state index in [2.05, 4.69) is 97.2 Å². The number of Topliss-reactive ketones (excluding diaryl/α,β-unsaturated/α-hetero) is 1. The zero-order valence-electron chi connectivity index (χ0n) is 25.7. The van der Waals surface area contributed by atoms with Crippen LogP contribution in [-0.4, -0.2) is 33.7 Å². The van der Waals surface area contributed by atoms with Crippen molar-refractivity contribution in [3.8, 4) is 0 Å². The van der Waals surface area contributed by atoms with Gasteiger partial charge in [-0.2, -0.15) is 10.2 Å². The second kappa shape index (κ2) is 13.7. The van der Waals surface area contributed by atoms with E-state index in [9.17, 15) is 4.79 Å². The topological polar surface area (TPSA) is 48.3 Å². The van der Waals surface area contributed by atoms with E-state index in [1.807, 2.05) is 72.8 Å². The largest absolute Gasteiger partial charge is 0.295 e. The van der Waals surface area contributed by atoms with Crippen LogP contribution in [0.15, 0.2) is 132 Å². The summed E-state index contributed by atoms with van der Waals surface area (Å²) < 4.78 is 4.37. The van der Waals surface area contributed by atoms with Crippen LogP contribution in [0.4, 0.5) is 11.4 Å². The highest BCUT2D eigenvalue weighted by molar-refractivity contribution is 6.80. The Kier molecular flexibility index (Phi) is 10.1. The van der Waals surface area contributed by atoms with Gasteiger partial charge in [0, 0.05) is 23.4 Å². The van der Waals surface area contributed by atoms with Gasteiger partial charge in [0.15, 0.2) is 22.3 Å². The van der Waals surface area contributed by atoms with E-state index in [-0.39, 0.29) is 12.2 Å². The second-order valence-corrected chi connectivity index (χ2v) is 21.9. The quantitative estimate of drug-likeness (QED) is 0.0715. The zero-order chi connectivity index (χ0) is 30.2. The fraction of sp³-hybridized carbons (Fsp3) is 0.229. The molecule has 7 heteroatoms. The molecule has 0 amide bonds. The maximum atomic E-state index is 13.6. The van der Waals surface area contributed by atoms with Gasteiger partial charge in [0.25, 0.3) is 0 Å². The maximum absolute atomic E-state index is 13.6. The van der Waals surface area contributed by atoms with E-state index in [1.165, 1.54) is 0 Å². The third kappa shape index (κ3) is 8.47. The Morgan fingerprint density at radius 1 is 0.524 bits per heavy atom. The molecule has 0 saturated heterocycles. The third-order valence-corrected chi connectivity index (χ3v) is 9.93. The van der Waals surface area contributed by atoms with Gasteiger partial charge in [0.2, 0.25) is 0 Å². The van der Waals surface area contributed by atoms with Crippen LogP contribution in [0.25, 0.3) is 0 Å². The number of hydrogen-bond acceptors (Lipinski definition) is 5. The minimum absolute atomic E-state index is 0.0514. The zero-order valence-corrected chi connectivity index (χ0v) is 27.7. The standard InChI is InChI=1S/C35H42N4OSi2/c1-41(2,3)38(32-23-15-9-16-24-32)36-31(28-35(40)30-21-13-8-14-22-30)27-34(29-19-11-7-12-20-29)37-39(42(4,5)6)33-25-17-10-18-26-33/h7-26H,27-28H2,1-6H3/b36-31+,37-34+. The summed E-state index contributed by atoms with van der Waals surface area (Å²) in [5.41, 5.74) is 5.50. The summed E-state index contributed by atoms with van der Waals surface area (Å²) in [6, 6.07) is 40.4. The SMILES string of the molecule is C[Si](C)(C)N(/N=C(/CC(=O)c1ccccc1)C/C(=N\N(c1ccccc1)[Si](C)(C)C)c1ccccc1)c1ccccc1. The van der Waals surface area contributed by atoms with Gasteiger partial charge in [-0.05, 0) is 69.1 Å². The summed E-state index contributed by atoms with van der Waals surface area (Å²) >= 11 is 0. The summed E-state index contributed by atoms with van der Waals surface area (Å²) in [6.07, 6.45) is 0.659. The molecular formula is C35H42N4OSi2. The summed E-state index contributed by atoms with van der Waals surface area (Å²) in [5, 5.41) is 10.7. The first-order chi connectivity index (χ1) is 20.0. The minimum atomic E-state index is -1.97. The molecule has 0 heterocycles. The Balaban J connectivity index is 1.86. The molecule has 0 aromatic heterocycles. The highest BCUT2D eigenvalue weighted by atomic mass is 28.3. The van der Waals surface area contributed by atoms with Crippen LogP contribution in [-0.2, 0) is 0 Å². The van der Waals surface area contributed by atoms with Gasteiger partial charge in [-0.1, -0.05) is 97.1 Å². The highest BCUT2D eigenvalue weighted by Gasteiger charge is 2.28. The molecule has 5 nitrogen and oxygen atoms in total. The number of hydrogen-bond donors (Lipinski definition) is 0. The smallest absolute Gasteiger partial charge is 0.176 e. The van der Waals surface area contributed by atoms with Crippen LogP contribution in [0.5, 0.6) is 0 Å². The molecule has 4 aromatic rings. The number of para-hydroxylation sites is 2. The first kappa shape index (κ1) is 30.9. The number of carbonyl (C=O) groups excluding carboxylic acids is 1. The molecule has 0 bridgehead atoms. The molecule has 216 valence electrons. The number of carbonyl (C=O) groups is 1. The summed E-state index contributed by atoms with van der Waals surface area (Å²) in [5.74, 6) is 0.0514. The fourth-order valence-corrected chi connectivity index (χ4v) is 7.36. The Hall–Kier alpha value is -4.08. The lowest BCUT2D eigenvalue weighted by Crippen LogP contribution is -2.44. The first-order valence-corrected chi connectivity index (χ1v) is 21.4. The second-order valence-electron chi connectivity index (χ2n) is 12.4. The molecule has 4 aromatic carbocycles. The molecule has 0 fully saturated rings. The van der Waals surface area contributed by atoms with Crippen LogP contribution >= 0.6 is 0 Å². The van der Waals surface area contributed by atoms with Crippen molar-refractivity contribution < 1.29 is 4.79 Å². The molecule has 0 aliphatic heterocycles. The lowest BCUT2D eigenvalue weighted by atomic mass is 9.99. The Morgan fingerprint density at radius 2 is 0.905 bits per heavy atom. The molecule has 4 rings (SSSR count). The number of anilines is 2. The Bertz CT molecular complexity index is 1500. The monoisotopic (exact) mass is 590 g/mol. The van der Waals surface area contributed by atoms with Crippen molar-refractivity contribution in [1.82, 2.24) is 0 Å². The van der Waals surface area contributed by atoms with E-state index in [4.69, 9.17) is 10.2 Å². The van der Waals surface area contributed by atoms with E-state index in [0.717, 1.165) is 28.4 Å². The predicted octanol–water partition coefficient (Wildman–Crippen LogP) is 9.09. The van der Waals surface area contributed by atoms with Gasteiger partial charge >= 0.3 is 0 Å². The van der Waals surface area contributed by atoms with Crippen molar-refractivity contribution >= 4 is 45.1 Å². The predicted molar refractivity (Wildman–Crippen MR) is 185 cm³/mol. The van der Waals surface area contributed by atoms with Crippen molar-refractivity contribution in [2.45, 2.75) is 52.1 Å². The molecule has 42 heavy (non-hydrogen) atoms. The van der Waals surface area contributed by atoms with E-state index < -0.39 is 16.5 Å². The molecule has 0 radical (unpaired) electrons. The molecule has 0 saturated carbocycles. The van der Waals surface area contributed by atoms with Gasteiger partial charge in [-0.15, -0.1) is 0 Å².